The molecule has 0 saturated heterocycles. The maximum atomic E-state index is 4.11. The number of aryl methyl sites for hydroxylation is 1. The van der Waals surface area contributed by atoms with Crippen LogP contribution in [0.15, 0.2) is 48.9 Å². The fourth-order valence-electron chi connectivity index (χ4n) is 1.09. The Morgan fingerprint density at radius 3 is 2.53 bits per heavy atom. The van der Waals surface area contributed by atoms with Crippen LogP contribution in [0.2, 0.25) is 0 Å². The van der Waals surface area contributed by atoms with E-state index in [1.165, 1.54) is 6.20 Å². The maximum Gasteiger partial charge on any atom is 0.0699 e. The van der Waals surface area contributed by atoms with Gasteiger partial charge in [-0.2, -0.15) is 0 Å². The standard InChI is InChI=1S/C11H12N2.C2H6/c1-4-11(13-5-2)10-6-7-12-8-9(10)3;1-2/h4-8H,1-2H2,3H3;1-2H3. The Hall–Kier alpha value is -1.70. The summed E-state index contributed by atoms with van der Waals surface area (Å²) in [6.07, 6.45) is 6.77. The van der Waals surface area contributed by atoms with Crippen molar-refractivity contribution in [1.29, 1.82) is 0 Å². The van der Waals surface area contributed by atoms with Crippen molar-refractivity contribution in [3.63, 3.8) is 0 Å². The highest BCUT2D eigenvalue weighted by molar-refractivity contribution is 6.09. The van der Waals surface area contributed by atoms with Gasteiger partial charge >= 0.3 is 0 Å². The van der Waals surface area contributed by atoms with E-state index in [0.717, 1.165) is 16.8 Å². The molecule has 2 nitrogen and oxygen atoms in total. The quantitative estimate of drug-likeness (QED) is 0.688. The summed E-state index contributed by atoms with van der Waals surface area (Å²) in [6.45, 7) is 13.2. The van der Waals surface area contributed by atoms with E-state index in [1.807, 2.05) is 26.8 Å². The first-order valence-electron chi connectivity index (χ1n) is 5.01. The molecule has 2 heteroatoms. The summed E-state index contributed by atoms with van der Waals surface area (Å²) in [5.74, 6) is 0. The van der Waals surface area contributed by atoms with Crippen LogP contribution in [0.1, 0.15) is 25.0 Å². The summed E-state index contributed by atoms with van der Waals surface area (Å²) in [7, 11) is 0. The summed E-state index contributed by atoms with van der Waals surface area (Å²) >= 11 is 0. The molecule has 0 N–H and O–H groups in total. The number of rotatable bonds is 3. The van der Waals surface area contributed by atoms with Crippen LogP contribution in [-0.2, 0) is 0 Å². The third kappa shape index (κ3) is 3.90. The number of pyridine rings is 1. The van der Waals surface area contributed by atoms with Gasteiger partial charge in [0.2, 0.25) is 0 Å². The molecule has 15 heavy (non-hydrogen) atoms. The molecule has 0 unspecified atom stereocenters. The molecule has 0 saturated carbocycles. The van der Waals surface area contributed by atoms with Crippen LogP contribution < -0.4 is 0 Å². The van der Waals surface area contributed by atoms with Gasteiger partial charge in [-0.15, -0.1) is 0 Å². The molecule has 1 heterocycles. The molecule has 0 spiro atoms. The molecule has 1 rings (SSSR count). The molecular weight excluding hydrogens is 184 g/mol. The Kier molecular flexibility index (Phi) is 6.81. The highest BCUT2D eigenvalue weighted by Crippen LogP contribution is 2.07. The summed E-state index contributed by atoms with van der Waals surface area (Å²) in [5.41, 5.74) is 2.96. The zero-order valence-electron chi connectivity index (χ0n) is 9.70. The van der Waals surface area contributed by atoms with Gasteiger partial charge in [0, 0.05) is 24.2 Å². The van der Waals surface area contributed by atoms with Crippen molar-refractivity contribution in [2.75, 3.05) is 0 Å². The fourth-order valence-corrected chi connectivity index (χ4v) is 1.09. The van der Waals surface area contributed by atoms with Crippen molar-refractivity contribution >= 4 is 5.71 Å². The Labute approximate surface area is 92.1 Å². The van der Waals surface area contributed by atoms with E-state index in [0.29, 0.717) is 0 Å². The molecule has 0 radical (unpaired) electrons. The van der Waals surface area contributed by atoms with Crippen molar-refractivity contribution in [1.82, 2.24) is 4.98 Å². The molecule has 0 atom stereocenters. The van der Waals surface area contributed by atoms with Crippen LogP contribution >= 0.6 is 0 Å². The fraction of sp³-hybridized carbons (Fsp3) is 0.231. The van der Waals surface area contributed by atoms with Crippen LogP contribution in [0.5, 0.6) is 0 Å². The average Bonchev–Trinajstić information content (AvgIpc) is 2.30. The van der Waals surface area contributed by atoms with Crippen LogP contribution in [0.25, 0.3) is 0 Å². The van der Waals surface area contributed by atoms with E-state index >= 15 is 0 Å². The van der Waals surface area contributed by atoms with Crippen molar-refractivity contribution in [3.05, 3.63) is 55.0 Å². The first-order valence-corrected chi connectivity index (χ1v) is 5.01. The minimum Gasteiger partial charge on any atom is -0.264 e. The second kappa shape index (κ2) is 7.68. The predicted octanol–water partition coefficient (Wildman–Crippen LogP) is 3.53. The molecule has 80 valence electrons. The zero-order chi connectivity index (χ0) is 11.7. The smallest absolute Gasteiger partial charge is 0.0699 e. The van der Waals surface area contributed by atoms with Crippen molar-refractivity contribution < 1.29 is 0 Å². The molecular formula is C13H18N2. The molecule has 0 aliphatic rings. The van der Waals surface area contributed by atoms with Crippen molar-refractivity contribution in [2.45, 2.75) is 20.8 Å². The largest absolute Gasteiger partial charge is 0.264 e. The van der Waals surface area contributed by atoms with E-state index in [2.05, 4.69) is 23.1 Å². The molecule has 0 fully saturated rings. The lowest BCUT2D eigenvalue weighted by molar-refractivity contribution is 1.26. The molecule has 0 aliphatic heterocycles. The first-order chi connectivity index (χ1) is 7.29. The molecule has 0 aromatic carbocycles. The van der Waals surface area contributed by atoms with Gasteiger partial charge in [0.1, 0.15) is 0 Å². The van der Waals surface area contributed by atoms with Crippen LogP contribution in [0.3, 0.4) is 0 Å². The van der Waals surface area contributed by atoms with Gasteiger partial charge in [0.05, 0.1) is 5.71 Å². The maximum absolute atomic E-state index is 4.11. The SMILES string of the molecule is C=CN=C(C=C)c1ccncc1C.CC. The number of allylic oxidation sites excluding steroid dienone is 1. The molecule has 0 bridgehead atoms. The van der Waals surface area contributed by atoms with E-state index in [9.17, 15) is 0 Å². The molecule has 0 aliphatic carbocycles. The van der Waals surface area contributed by atoms with Gasteiger partial charge in [-0.05, 0) is 24.6 Å². The van der Waals surface area contributed by atoms with Crippen LogP contribution in [0, 0.1) is 6.92 Å². The topological polar surface area (TPSA) is 25.2 Å². The lowest BCUT2D eigenvalue weighted by Crippen LogP contribution is -1.98. The third-order valence-corrected chi connectivity index (χ3v) is 1.72. The van der Waals surface area contributed by atoms with Gasteiger partial charge in [-0.25, -0.2) is 0 Å². The minimum absolute atomic E-state index is 0.829. The number of hydrogen-bond acceptors (Lipinski definition) is 2. The number of aromatic nitrogens is 1. The van der Waals surface area contributed by atoms with E-state index in [4.69, 9.17) is 0 Å². The Bertz CT molecular complexity index is 351. The summed E-state index contributed by atoms with van der Waals surface area (Å²) in [4.78, 5) is 8.12. The van der Waals surface area contributed by atoms with Gasteiger partial charge in [0.25, 0.3) is 0 Å². The number of hydrogen-bond donors (Lipinski definition) is 0. The van der Waals surface area contributed by atoms with Gasteiger partial charge in [-0.3, -0.25) is 9.98 Å². The zero-order valence-corrected chi connectivity index (χ0v) is 9.70. The monoisotopic (exact) mass is 202 g/mol. The highest BCUT2D eigenvalue weighted by Gasteiger charge is 2.00. The third-order valence-electron chi connectivity index (χ3n) is 1.72. The van der Waals surface area contributed by atoms with E-state index in [-0.39, 0.29) is 0 Å². The Balaban J connectivity index is 0.000000921. The van der Waals surface area contributed by atoms with E-state index in [1.54, 1.807) is 18.5 Å². The predicted molar refractivity (Wildman–Crippen MR) is 67.3 cm³/mol. The van der Waals surface area contributed by atoms with Crippen LogP contribution in [-0.4, -0.2) is 10.7 Å². The average molecular weight is 202 g/mol. The second-order valence-corrected chi connectivity index (χ2v) is 2.59. The first kappa shape index (κ1) is 13.3. The molecule has 0 amide bonds. The molecule has 1 aromatic rings. The second-order valence-electron chi connectivity index (χ2n) is 2.59. The minimum atomic E-state index is 0.829. The highest BCUT2D eigenvalue weighted by atomic mass is 14.7. The van der Waals surface area contributed by atoms with Gasteiger partial charge < -0.3 is 0 Å². The van der Waals surface area contributed by atoms with Crippen molar-refractivity contribution in [2.24, 2.45) is 4.99 Å². The van der Waals surface area contributed by atoms with Gasteiger partial charge in [0.15, 0.2) is 0 Å². The summed E-state index contributed by atoms with van der Waals surface area (Å²) in [5, 5.41) is 0. The summed E-state index contributed by atoms with van der Waals surface area (Å²) in [6, 6.07) is 1.92. The number of nitrogens with zero attached hydrogens (tertiary/aromatic N) is 2. The van der Waals surface area contributed by atoms with Crippen molar-refractivity contribution in [3.8, 4) is 0 Å². The molecule has 1 aromatic heterocycles. The van der Waals surface area contributed by atoms with Gasteiger partial charge in [-0.1, -0.05) is 27.0 Å². The summed E-state index contributed by atoms with van der Waals surface area (Å²) < 4.78 is 0. The lowest BCUT2D eigenvalue weighted by atomic mass is 10.1. The Morgan fingerprint density at radius 2 is 2.07 bits per heavy atom. The Morgan fingerprint density at radius 1 is 1.40 bits per heavy atom. The normalized spacial score (nSPS) is 9.93. The van der Waals surface area contributed by atoms with Crippen LogP contribution in [0.4, 0.5) is 0 Å². The number of aliphatic imine (C=N–C) groups is 1. The van der Waals surface area contributed by atoms with E-state index < -0.39 is 0 Å². The lowest BCUT2D eigenvalue weighted by Gasteiger charge is -2.02.